The van der Waals surface area contributed by atoms with E-state index >= 15 is 0 Å². The van der Waals surface area contributed by atoms with Crippen molar-refractivity contribution >= 4 is 51.3 Å². The number of nitrogens with zero attached hydrogens (tertiary/aromatic N) is 1. The van der Waals surface area contributed by atoms with E-state index in [1.165, 1.54) is 12.3 Å². The molecule has 12 heteroatoms. The van der Waals surface area contributed by atoms with E-state index in [1.54, 1.807) is 49.6 Å². The van der Waals surface area contributed by atoms with Gasteiger partial charge in [0.1, 0.15) is 5.57 Å². The van der Waals surface area contributed by atoms with Crippen LogP contribution in [-0.2, 0) is 30.7 Å². The molecule has 1 fully saturated rings. The maximum absolute atomic E-state index is 13.1. The maximum Gasteiger partial charge on any atom is 0.343 e. The van der Waals surface area contributed by atoms with E-state index in [0.29, 0.717) is 53.2 Å². The third kappa shape index (κ3) is 6.30. The van der Waals surface area contributed by atoms with Gasteiger partial charge in [0, 0.05) is 35.5 Å². The minimum atomic E-state index is -3.41. The van der Waals surface area contributed by atoms with E-state index in [0.717, 1.165) is 11.8 Å². The maximum atomic E-state index is 13.1. The molecule has 3 heterocycles. The van der Waals surface area contributed by atoms with E-state index in [9.17, 15) is 23.1 Å². The van der Waals surface area contributed by atoms with Crippen molar-refractivity contribution in [1.82, 2.24) is 10.2 Å². The molecule has 0 aliphatic carbocycles. The van der Waals surface area contributed by atoms with Crippen LogP contribution in [-0.4, -0.2) is 61.8 Å². The first kappa shape index (κ1) is 30.6. The van der Waals surface area contributed by atoms with Crippen LogP contribution in [0.3, 0.4) is 0 Å². The summed E-state index contributed by atoms with van der Waals surface area (Å²) in [6.45, 7) is 3.01. The zero-order valence-electron chi connectivity index (χ0n) is 22.5. The normalized spacial score (nSPS) is 19.2. The number of rotatable bonds is 7. The highest BCUT2D eigenvalue weighted by Gasteiger charge is 2.51. The number of hydrogen-bond acceptors (Lipinski definition) is 8. The zero-order valence-corrected chi connectivity index (χ0v) is 24.9. The summed E-state index contributed by atoms with van der Waals surface area (Å²) >= 11 is 6.64. The second-order valence-electron chi connectivity index (χ2n) is 10.3. The Hall–Kier alpha value is -3.31. The number of sulfone groups is 1. The molecule has 1 unspecified atom stereocenters. The van der Waals surface area contributed by atoms with Crippen molar-refractivity contribution in [2.45, 2.75) is 36.8 Å². The Kier molecular flexibility index (Phi) is 8.89. The highest BCUT2D eigenvalue weighted by Crippen LogP contribution is 2.44. The Morgan fingerprint density at radius 1 is 1.20 bits per heavy atom. The molecule has 5 rings (SSSR count). The highest BCUT2D eigenvalue weighted by molar-refractivity contribution is 7.90. The van der Waals surface area contributed by atoms with Gasteiger partial charge < -0.3 is 19.6 Å². The van der Waals surface area contributed by atoms with Gasteiger partial charge in [-0.15, -0.1) is 12.4 Å². The molecule has 3 aromatic rings. The van der Waals surface area contributed by atoms with Gasteiger partial charge in [0.15, 0.2) is 21.2 Å². The topological polar surface area (TPSA) is 126 Å². The van der Waals surface area contributed by atoms with Crippen LogP contribution < -0.4 is 5.32 Å². The van der Waals surface area contributed by atoms with Gasteiger partial charge in [-0.3, -0.25) is 9.69 Å². The zero-order chi connectivity index (χ0) is 28.7. The molecule has 1 saturated heterocycles. The van der Waals surface area contributed by atoms with Crippen LogP contribution in [0.4, 0.5) is 0 Å². The van der Waals surface area contributed by atoms with E-state index in [-0.39, 0.29) is 47.6 Å². The van der Waals surface area contributed by atoms with Crippen LogP contribution >= 0.6 is 24.0 Å². The number of carbonyl (C=O) groups excluding carboxylic acids is 2. The molecule has 2 aliphatic heterocycles. The summed E-state index contributed by atoms with van der Waals surface area (Å²) in [5.74, 6) is -1.02. The minimum absolute atomic E-state index is 0. The van der Waals surface area contributed by atoms with Crippen molar-refractivity contribution in [3.05, 3.63) is 82.5 Å². The molecule has 218 valence electrons. The van der Waals surface area contributed by atoms with E-state index < -0.39 is 21.4 Å². The Balaban J connectivity index is 0.00000387. The number of nitrogens with one attached hydrogen (secondary N) is 1. The van der Waals surface area contributed by atoms with Gasteiger partial charge >= 0.3 is 5.97 Å². The van der Waals surface area contributed by atoms with Crippen LogP contribution in [0.5, 0.6) is 0 Å². The quantitative estimate of drug-likeness (QED) is 0.364. The lowest BCUT2D eigenvalue weighted by Crippen LogP contribution is -2.52. The first-order chi connectivity index (χ1) is 19.0. The number of aliphatic hydroxyl groups excluding tert-OH is 1. The van der Waals surface area contributed by atoms with Crippen molar-refractivity contribution in [2.75, 3.05) is 25.9 Å². The molecule has 2 aliphatic rings. The van der Waals surface area contributed by atoms with Crippen LogP contribution in [0.1, 0.15) is 29.5 Å². The SMILES string of the molecule is Cc1cc(-c2cccc(S(C)(=O)=O)c2)c(Cl)cc1C1=C(O)C2(CCCN(CC(=O)NCc3ccoc3)C2)OC1=O.Cl. The lowest BCUT2D eigenvalue weighted by atomic mass is 9.87. The van der Waals surface area contributed by atoms with Crippen LogP contribution in [0.25, 0.3) is 16.7 Å². The molecule has 1 aromatic heterocycles. The second-order valence-corrected chi connectivity index (χ2v) is 12.7. The number of furan rings is 1. The molecule has 0 bridgehead atoms. The lowest BCUT2D eigenvalue weighted by Gasteiger charge is -2.38. The Labute approximate surface area is 249 Å². The number of aryl methyl sites for hydroxylation is 1. The minimum Gasteiger partial charge on any atom is -0.507 e. The van der Waals surface area contributed by atoms with Crippen LogP contribution in [0, 0.1) is 6.92 Å². The number of likely N-dealkylation sites (tertiary alicyclic amines) is 1. The summed E-state index contributed by atoms with van der Waals surface area (Å²) in [6, 6.07) is 11.6. The van der Waals surface area contributed by atoms with Crippen molar-refractivity contribution < 1.29 is 32.3 Å². The van der Waals surface area contributed by atoms with Crippen molar-refractivity contribution in [1.29, 1.82) is 0 Å². The van der Waals surface area contributed by atoms with Crippen molar-refractivity contribution in [3.63, 3.8) is 0 Å². The number of hydrogen-bond donors (Lipinski definition) is 2. The van der Waals surface area contributed by atoms with Crippen LogP contribution in [0.15, 0.2) is 70.1 Å². The number of benzene rings is 2. The van der Waals surface area contributed by atoms with E-state index in [4.69, 9.17) is 20.8 Å². The summed E-state index contributed by atoms with van der Waals surface area (Å²) < 4.78 is 34.9. The number of ether oxygens (including phenoxy) is 1. The molecule has 1 atom stereocenters. The molecule has 1 amide bonds. The first-order valence-corrected chi connectivity index (χ1v) is 15.0. The summed E-state index contributed by atoms with van der Waals surface area (Å²) in [5, 5.41) is 14.5. The molecule has 2 aromatic carbocycles. The lowest BCUT2D eigenvalue weighted by molar-refractivity contribution is -0.152. The smallest absolute Gasteiger partial charge is 0.343 e. The van der Waals surface area contributed by atoms with Gasteiger partial charge in [-0.1, -0.05) is 23.7 Å². The fraction of sp³-hybridized carbons (Fsp3) is 0.310. The molecular formula is C29H30Cl2N2O7S. The second kappa shape index (κ2) is 11.9. The fourth-order valence-electron chi connectivity index (χ4n) is 5.28. The summed E-state index contributed by atoms with van der Waals surface area (Å²) in [7, 11) is -3.41. The fourth-order valence-corrected chi connectivity index (χ4v) is 6.22. The third-order valence-electron chi connectivity index (χ3n) is 7.29. The average Bonchev–Trinajstić information content (AvgIpc) is 3.50. The number of halogens is 2. The highest BCUT2D eigenvalue weighted by atomic mass is 35.5. The molecular weight excluding hydrogens is 591 g/mol. The van der Waals surface area contributed by atoms with Gasteiger partial charge in [0.25, 0.3) is 0 Å². The largest absolute Gasteiger partial charge is 0.507 e. The molecule has 1 spiro atoms. The van der Waals surface area contributed by atoms with Gasteiger partial charge in [-0.25, -0.2) is 13.2 Å². The van der Waals surface area contributed by atoms with Gasteiger partial charge in [-0.05, 0) is 73.3 Å². The predicted octanol–water partition coefficient (Wildman–Crippen LogP) is 4.71. The van der Waals surface area contributed by atoms with Crippen molar-refractivity contribution in [2.24, 2.45) is 0 Å². The third-order valence-corrected chi connectivity index (χ3v) is 8.71. The van der Waals surface area contributed by atoms with Crippen LogP contribution in [0.2, 0.25) is 5.02 Å². The van der Waals surface area contributed by atoms with E-state index in [2.05, 4.69) is 5.32 Å². The average molecular weight is 622 g/mol. The van der Waals surface area contributed by atoms with Crippen molar-refractivity contribution in [3.8, 4) is 11.1 Å². The summed E-state index contributed by atoms with van der Waals surface area (Å²) in [6.07, 6.45) is 5.28. The molecule has 0 saturated carbocycles. The molecule has 2 N–H and O–H groups in total. The number of piperidine rings is 1. The number of carbonyl (C=O) groups is 2. The monoisotopic (exact) mass is 620 g/mol. The molecule has 41 heavy (non-hydrogen) atoms. The Bertz CT molecular complexity index is 1620. The molecule has 0 radical (unpaired) electrons. The van der Waals surface area contributed by atoms with Gasteiger partial charge in [-0.2, -0.15) is 0 Å². The Morgan fingerprint density at radius 3 is 2.68 bits per heavy atom. The molecule has 9 nitrogen and oxygen atoms in total. The predicted molar refractivity (Wildman–Crippen MR) is 157 cm³/mol. The Morgan fingerprint density at radius 2 is 1.98 bits per heavy atom. The van der Waals surface area contributed by atoms with Gasteiger partial charge in [0.05, 0.1) is 24.0 Å². The van der Waals surface area contributed by atoms with E-state index in [1.807, 2.05) is 4.90 Å². The first-order valence-electron chi connectivity index (χ1n) is 12.7. The number of aliphatic hydroxyl groups is 1. The summed E-state index contributed by atoms with van der Waals surface area (Å²) in [4.78, 5) is 27.7. The number of esters is 1. The standard InChI is InChI=1S/C29H29ClN2O7S.ClH/c1-18-11-23(20-5-3-6-21(12-20)40(2,36)37)24(30)13-22(18)26-27(34)29(39-28(26)35)8-4-9-32(17-29)15-25(33)31-14-19-7-10-38-16-19;/h3,5-7,10-13,16,34H,4,8-9,14-15,17H2,1-2H3,(H,31,33);1H. The summed E-state index contributed by atoms with van der Waals surface area (Å²) in [5.41, 5.74) is 1.94. The number of amides is 1. The van der Waals surface area contributed by atoms with Gasteiger partial charge in [0.2, 0.25) is 5.91 Å².